The monoisotopic (exact) mass is 299 g/mol. The summed E-state index contributed by atoms with van der Waals surface area (Å²) < 4.78 is 14.6. The van der Waals surface area contributed by atoms with Crippen LogP contribution in [0.5, 0.6) is 0 Å². The first-order chi connectivity index (χ1) is 10.0. The van der Waals surface area contributed by atoms with E-state index in [9.17, 15) is 0 Å². The van der Waals surface area contributed by atoms with Crippen molar-refractivity contribution in [3.05, 3.63) is 30.5 Å². The Hall–Kier alpha value is -1.26. The van der Waals surface area contributed by atoms with E-state index >= 15 is 0 Å². The van der Waals surface area contributed by atoms with Crippen molar-refractivity contribution in [2.75, 3.05) is 0 Å². The van der Waals surface area contributed by atoms with E-state index in [0.717, 1.165) is 5.46 Å². The van der Waals surface area contributed by atoms with Crippen molar-refractivity contribution in [3.8, 4) is 0 Å². The van der Waals surface area contributed by atoms with Crippen molar-refractivity contribution in [1.29, 1.82) is 0 Å². The number of rotatable bonds is 1. The number of nitrogens with zero attached hydrogens (tertiary/aromatic N) is 1. The van der Waals surface area contributed by atoms with Crippen molar-refractivity contribution in [2.24, 2.45) is 0 Å². The molecule has 1 saturated heterocycles. The minimum absolute atomic E-state index is 0.0770. The van der Waals surface area contributed by atoms with Crippen molar-refractivity contribution < 1.29 is 9.31 Å². The highest BCUT2D eigenvalue weighted by Crippen LogP contribution is 2.36. The Balaban J connectivity index is 1.98. The van der Waals surface area contributed by atoms with E-state index in [1.54, 1.807) is 0 Å². The van der Waals surface area contributed by atoms with Crippen LogP contribution in [-0.4, -0.2) is 22.9 Å². The average Bonchev–Trinajstić information content (AvgIpc) is 2.87. The lowest BCUT2D eigenvalue weighted by atomic mass is 9.78. The number of fused-ring (bicyclic) bond motifs is 1. The number of hydrogen-bond acceptors (Lipinski definition) is 2. The van der Waals surface area contributed by atoms with Gasteiger partial charge in [-0.15, -0.1) is 0 Å². The van der Waals surface area contributed by atoms with Crippen LogP contribution in [-0.2, 0) is 14.8 Å². The number of aromatic nitrogens is 1. The van der Waals surface area contributed by atoms with Gasteiger partial charge in [-0.3, -0.25) is 0 Å². The fourth-order valence-electron chi connectivity index (χ4n) is 2.87. The van der Waals surface area contributed by atoms with E-state index in [0.29, 0.717) is 0 Å². The summed E-state index contributed by atoms with van der Waals surface area (Å²) in [6.45, 7) is 15.0. The molecule has 3 rings (SSSR count). The van der Waals surface area contributed by atoms with Gasteiger partial charge in [0.2, 0.25) is 0 Å². The first-order valence-electron chi connectivity index (χ1n) is 7.98. The standard InChI is InChI=1S/C18H26BNO2/c1-16(2,3)20-11-10-13-12-14(8-9-15(13)20)19-21-17(4,5)18(6,7)22-19/h8-12H,1-7H3. The minimum Gasteiger partial charge on any atom is -0.399 e. The SMILES string of the molecule is CC(C)(C)n1ccc2cc(B3OC(C)(C)C(C)(C)O3)ccc21. The Bertz CT molecular complexity index is 693. The lowest BCUT2D eigenvalue weighted by Gasteiger charge is -2.32. The van der Waals surface area contributed by atoms with E-state index in [1.807, 2.05) is 0 Å². The summed E-state index contributed by atoms with van der Waals surface area (Å²) in [6, 6.07) is 8.63. The second-order valence-electron chi connectivity index (χ2n) is 8.26. The van der Waals surface area contributed by atoms with Gasteiger partial charge in [-0.2, -0.15) is 0 Å². The highest BCUT2D eigenvalue weighted by molar-refractivity contribution is 6.62. The molecule has 0 radical (unpaired) electrons. The van der Waals surface area contributed by atoms with Gasteiger partial charge in [-0.25, -0.2) is 0 Å². The maximum atomic E-state index is 6.14. The lowest BCUT2D eigenvalue weighted by molar-refractivity contribution is 0.00578. The molecule has 0 atom stereocenters. The molecule has 2 heterocycles. The van der Waals surface area contributed by atoms with Crippen LogP contribution in [0.25, 0.3) is 10.9 Å². The van der Waals surface area contributed by atoms with Crippen LogP contribution < -0.4 is 5.46 Å². The molecule has 0 bridgehead atoms. The fourth-order valence-corrected chi connectivity index (χ4v) is 2.87. The Morgan fingerprint density at radius 1 is 0.955 bits per heavy atom. The Kier molecular flexibility index (Phi) is 3.28. The van der Waals surface area contributed by atoms with Crippen LogP contribution >= 0.6 is 0 Å². The third-order valence-electron chi connectivity index (χ3n) is 4.96. The second kappa shape index (κ2) is 4.62. The van der Waals surface area contributed by atoms with Crippen LogP contribution in [0.4, 0.5) is 0 Å². The Morgan fingerprint density at radius 3 is 2.09 bits per heavy atom. The van der Waals surface area contributed by atoms with Gasteiger partial charge in [-0.1, -0.05) is 12.1 Å². The van der Waals surface area contributed by atoms with Crippen LogP contribution in [0, 0.1) is 0 Å². The molecule has 0 N–H and O–H groups in total. The summed E-state index contributed by atoms with van der Waals surface area (Å²) >= 11 is 0. The van der Waals surface area contributed by atoms with E-state index in [2.05, 4.69) is 83.5 Å². The molecule has 0 spiro atoms. The molecule has 0 aliphatic carbocycles. The molecule has 0 unspecified atom stereocenters. The molecule has 1 aromatic heterocycles. The van der Waals surface area contributed by atoms with Crippen molar-refractivity contribution in [1.82, 2.24) is 4.57 Å². The Morgan fingerprint density at radius 2 is 1.55 bits per heavy atom. The average molecular weight is 299 g/mol. The van der Waals surface area contributed by atoms with Crippen LogP contribution in [0.15, 0.2) is 30.5 Å². The van der Waals surface area contributed by atoms with Crippen molar-refractivity contribution >= 4 is 23.5 Å². The zero-order valence-electron chi connectivity index (χ0n) is 14.7. The van der Waals surface area contributed by atoms with Crippen LogP contribution in [0.1, 0.15) is 48.5 Å². The summed E-state index contributed by atoms with van der Waals surface area (Å²) in [4.78, 5) is 0. The van der Waals surface area contributed by atoms with Gasteiger partial charge in [0.25, 0.3) is 0 Å². The molecule has 118 valence electrons. The molecule has 4 heteroatoms. The molecule has 2 aromatic rings. The summed E-state index contributed by atoms with van der Waals surface area (Å²) in [5.74, 6) is 0. The second-order valence-corrected chi connectivity index (χ2v) is 8.26. The molecule has 1 aliphatic rings. The quantitative estimate of drug-likeness (QED) is 0.750. The van der Waals surface area contributed by atoms with Gasteiger partial charge in [0.05, 0.1) is 11.2 Å². The number of benzene rings is 1. The molecule has 0 saturated carbocycles. The van der Waals surface area contributed by atoms with Crippen molar-refractivity contribution in [2.45, 2.75) is 65.2 Å². The maximum Gasteiger partial charge on any atom is 0.494 e. The molecular formula is C18H26BNO2. The predicted molar refractivity (Wildman–Crippen MR) is 92.7 cm³/mol. The van der Waals surface area contributed by atoms with Crippen LogP contribution in [0.3, 0.4) is 0 Å². The first kappa shape index (κ1) is 15.6. The lowest BCUT2D eigenvalue weighted by Crippen LogP contribution is -2.41. The third kappa shape index (κ3) is 2.39. The predicted octanol–water partition coefficient (Wildman–Crippen LogP) is 3.70. The van der Waals surface area contributed by atoms with E-state index in [-0.39, 0.29) is 23.9 Å². The molecule has 1 aromatic carbocycles. The van der Waals surface area contributed by atoms with E-state index in [4.69, 9.17) is 9.31 Å². The molecule has 1 aliphatic heterocycles. The Labute approximate surface area is 133 Å². The van der Waals surface area contributed by atoms with Crippen molar-refractivity contribution in [3.63, 3.8) is 0 Å². The highest BCUT2D eigenvalue weighted by Gasteiger charge is 2.51. The minimum atomic E-state index is -0.302. The van der Waals surface area contributed by atoms with Crippen LogP contribution in [0.2, 0.25) is 0 Å². The topological polar surface area (TPSA) is 23.4 Å². The molecular weight excluding hydrogens is 273 g/mol. The van der Waals surface area contributed by atoms with Gasteiger partial charge in [0.1, 0.15) is 0 Å². The largest absolute Gasteiger partial charge is 0.494 e. The maximum absolute atomic E-state index is 6.14. The molecule has 0 amide bonds. The molecule has 3 nitrogen and oxygen atoms in total. The normalized spacial score (nSPS) is 20.8. The number of hydrogen-bond donors (Lipinski definition) is 0. The molecule has 1 fully saturated rings. The van der Waals surface area contributed by atoms with Gasteiger partial charge >= 0.3 is 7.12 Å². The summed E-state index contributed by atoms with van der Waals surface area (Å²) in [7, 11) is -0.299. The van der Waals surface area contributed by atoms with Gasteiger partial charge in [0, 0.05) is 17.3 Å². The zero-order valence-corrected chi connectivity index (χ0v) is 14.7. The van der Waals surface area contributed by atoms with Gasteiger partial charge in [-0.05, 0) is 71.4 Å². The molecule has 22 heavy (non-hydrogen) atoms. The highest BCUT2D eigenvalue weighted by atomic mass is 16.7. The van der Waals surface area contributed by atoms with Gasteiger partial charge < -0.3 is 13.9 Å². The zero-order chi connectivity index (χ0) is 16.3. The smallest absolute Gasteiger partial charge is 0.399 e. The van der Waals surface area contributed by atoms with Gasteiger partial charge in [0.15, 0.2) is 0 Å². The summed E-state index contributed by atoms with van der Waals surface area (Å²) in [6.07, 6.45) is 2.15. The fraction of sp³-hybridized carbons (Fsp3) is 0.556. The third-order valence-corrected chi connectivity index (χ3v) is 4.96. The van der Waals surface area contributed by atoms with E-state index < -0.39 is 0 Å². The van der Waals surface area contributed by atoms with E-state index in [1.165, 1.54) is 10.9 Å². The summed E-state index contributed by atoms with van der Waals surface area (Å²) in [5.41, 5.74) is 1.80. The summed E-state index contributed by atoms with van der Waals surface area (Å²) in [5, 5.41) is 1.22. The first-order valence-corrected chi connectivity index (χ1v) is 7.98.